The summed E-state index contributed by atoms with van der Waals surface area (Å²) in [7, 11) is 7.46. The minimum Gasteiger partial charge on any atom is -0.378 e. The van der Waals surface area contributed by atoms with E-state index in [-0.39, 0.29) is 5.91 Å². The summed E-state index contributed by atoms with van der Waals surface area (Å²) in [6, 6.07) is 8.24. The number of amides is 1. The quantitative estimate of drug-likeness (QED) is 0.805. The molecular weight excluding hydrogens is 282 g/mol. The van der Waals surface area contributed by atoms with Gasteiger partial charge in [-0.1, -0.05) is 24.3 Å². The van der Waals surface area contributed by atoms with Crippen molar-refractivity contribution in [2.24, 2.45) is 4.99 Å². The van der Waals surface area contributed by atoms with E-state index in [1.165, 1.54) is 11.8 Å². The third kappa shape index (κ3) is 3.55. The van der Waals surface area contributed by atoms with Crippen LogP contribution in [-0.2, 0) is 4.79 Å². The van der Waals surface area contributed by atoms with Gasteiger partial charge in [0.2, 0.25) is 0 Å². The fourth-order valence-corrected chi connectivity index (χ4v) is 2.77. The molecule has 1 saturated heterocycles. The molecule has 0 aromatic heterocycles. The molecule has 0 aliphatic carbocycles. The summed E-state index contributed by atoms with van der Waals surface area (Å²) in [4.78, 5) is 20.3. The van der Waals surface area contributed by atoms with Gasteiger partial charge in [-0.15, -0.1) is 0 Å². The lowest BCUT2D eigenvalue weighted by atomic mass is 10.2. The van der Waals surface area contributed by atoms with Gasteiger partial charge < -0.3 is 4.90 Å². The molecule has 0 radical (unpaired) electrons. The van der Waals surface area contributed by atoms with Crippen molar-refractivity contribution in [3.63, 3.8) is 0 Å². The predicted molar refractivity (Wildman–Crippen MR) is 91.6 cm³/mol. The molecule has 1 aromatic rings. The molecule has 110 valence electrons. The first-order chi connectivity index (χ1) is 10.0. The van der Waals surface area contributed by atoms with E-state index in [9.17, 15) is 4.79 Å². The van der Waals surface area contributed by atoms with E-state index in [4.69, 9.17) is 0 Å². The lowest BCUT2D eigenvalue weighted by Gasteiger charge is -2.11. The molecule has 21 heavy (non-hydrogen) atoms. The van der Waals surface area contributed by atoms with Crippen LogP contribution >= 0.6 is 11.8 Å². The Morgan fingerprint density at radius 3 is 2.43 bits per heavy atom. The molecule has 1 aliphatic rings. The van der Waals surface area contributed by atoms with Crippen molar-refractivity contribution in [2.75, 3.05) is 33.1 Å². The predicted octanol–water partition coefficient (Wildman–Crippen LogP) is 2.84. The third-order valence-electron chi connectivity index (χ3n) is 3.14. The number of carbonyl (C=O) groups excluding carboxylic acids is 1. The molecule has 0 N–H and O–H groups in total. The average Bonchev–Trinajstić information content (AvgIpc) is 2.75. The van der Waals surface area contributed by atoms with E-state index in [2.05, 4.69) is 34.2 Å². The van der Waals surface area contributed by atoms with Gasteiger partial charge in [0.1, 0.15) is 0 Å². The van der Waals surface area contributed by atoms with Crippen molar-refractivity contribution in [1.82, 2.24) is 4.90 Å². The van der Waals surface area contributed by atoms with Crippen molar-refractivity contribution in [3.8, 4) is 0 Å². The van der Waals surface area contributed by atoms with Gasteiger partial charge in [-0.05, 0) is 35.5 Å². The number of hydrogen-bond acceptors (Lipinski definition) is 4. The van der Waals surface area contributed by atoms with Gasteiger partial charge in [0.05, 0.1) is 4.91 Å². The first-order valence-electron chi connectivity index (χ1n) is 6.61. The lowest BCUT2D eigenvalue weighted by molar-refractivity contribution is -0.121. The van der Waals surface area contributed by atoms with Gasteiger partial charge in [-0.25, -0.2) is 0 Å². The Morgan fingerprint density at radius 2 is 1.90 bits per heavy atom. The van der Waals surface area contributed by atoms with Crippen LogP contribution in [0.5, 0.6) is 0 Å². The number of hydrogen-bond donors (Lipinski definition) is 0. The lowest BCUT2D eigenvalue weighted by Crippen LogP contribution is -2.23. The van der Waals surface area contributed by atoms with Crippen molar-refractivity contribution in [3.05, 3.63) is 46.9 Å². The Labute approximate surface area is 129 Å². The molecular formula is C16H19N3OS. The third-order valence-corrected chi connectivity index (χ3v) is 4.31. The number of likely N-dealkylation sites (N-methyl/N-ethyl adjacent to an activating group) is 1. The molecule has 0 saturated carbocycles. The Kier molecular flexibility index (Phi) is 4.85. The standard InChI is InChI=1S/C16H19N3OS/c1-17-16-19(4)15(20)14(21-16)7-5-6-12-8-10-13(11-9-12)18(2)3/h5-11H,1-4H3/b6-5+,14-7+,17-16?. The highest BCUT2D eigenvalue weighted by Gasteiger charge is 2.28. The summed E-state index contributed by atoms with van der Waals surface area (Å²) in [6.45, 7) is 0. The van der Waals surface area contributed by atoms with E-state index in [1.807, 2.05) is 32.3 Å². The highest BCUT2D eigenvalue weighted by Crippen LogP contribution is 2.29. The number of aliphatic imine (C=N–C) groups is 1. The number of anilines is 1. The van der Waals surface area contributed by atoms with E-state index in [0.717, 1.165) is 16.4 Å². The van der Waals surface area contributed by atoms with Crippen molar-refractivity contribution >= 4 is 34.6 Å². The molecule has 1 aromatic carbocycles. The van der Waals surface area contributed by atoms with Gasteiger partial charge in [-0.3, -0.25) is 14.7 Å². The molecule has 0 atom stereocenters. The minimum absolute atomic E-state index is 0.00629. The van der Waals surface area contributed by atoms with Crippen molar-refractivity contribution < 1.29 is 4.79 Å². The second kappa shape index (κ2) is 6.63. The van der Waals surface area contributed by atoms with E-state index >= 15 is 0 Å². The van der Waals surface area contributed by atoms with Gasteiger partial charge >= 0.3 is 0 Å². The van der Waals surface area contributed by atoms with Gasteiger partial charge in [-0.2, -0.15) is 0 Å². The largest absolute Gasteiger partial charge is 0.378 e. The smallest absolute Gasteiger partial charge is 0.266 e. The summed E-state index contributed by atoms with van der Waals surface area (Å²) in [6.07, 6.45) is 5.72. The molecule has 5 heteroatoms. The van der Waals surface area contributed by atoms with Crippen molar-refractivity contribution in [1.29, 1.82) is 0 Å². The van der Waals surface area contributed by atoms with Crippen LogP contribution in [0, 0.1) is 0 Å². The van der Waals surface area contributed by atoms with Gasteiger partial charge in [0.25, 0.3) is 5.91 Å². The number of nitrogens with zero attached hydrogens (tertiary/aromatic N) is 3. The van der Waals surface area contributed by atoms with Crippen LogP contribution in [0.15, 0.2) is 46.3 Å². The summed E-state index contributed by atoms with van der Waals surface area (Å²) in [5.74, 6) is -0.00629. The fourth-order valence-electron chi connectivity index (χ4n) is 1.89. The first kappa shape index (κ1) is 15.4. The molecule has 0 unspecified atom stereocenters. The normalized spacial score (nSPS) is 19.2. The minimum atomic E-state index is -0.00629. The topological polar surface area (TPSA) is 35.9 Å². The van der Waals surface area contributed by atoms with Crippen molar-refractivity contribution in [2.45, 2.75) is 0 Å². The maximum atomic E-state index is 12.0. The van der Waals surface area contributed by atoms with Gasteiger partial charge in [0, 0.05) is 33.9 Å². The zero-order chi connectivity index (χ0) is 15.4. The number of rotatable bonds is 3. The number of thioether (sulfide) groups is 1. The molecule has 1 aliphatic heterocycles. The zero-order valence-electron chi connectivity index (χ0n) is 12.7. The van der Waals surface area contributed by atoms with Crippen LogP contribution in [0.3, 0.4) is 0 Å². The van der Waals surface area contributed by atoms with Gasteiger partial charge in [0.15, 0.2) is 5.17 Å². The number of carbonyl (C=O) groups is 1. The molecule has 0 bridgehead atoms. The maximum absolute atomic E-state index is 12.0. The maximum Gasteiger partial charge on any atom is 0.266 e. The second-order valence-electron chi connectivity index (χ2n) is 4.85. The molecule has 1 fully saturated rings. The fraction of sp³-hybridized carbons (Fsp3) is 0.250. The van der Waals surface area contributed by atoms with Crippen LogP contribution in [0.1, 0.15) is 5.56 Å². The average molecular weight is 301 g/mol. The Hall–Kier alpha value is -2.01. The second-order valence-corrected chi connectivity index (χ2v) is 5.86. The van der Waals surface area contributed by atoms with Crippen LogP contribution in [0.25, 0.3) is 6.08 Å². The highest BCUT2D eigenvalue weighted by atomic mass is 32.2. The molecule has 2 rings (SSSR count). The Morgan fingerprint density at radius 1 is 1.24 bits per heavy atom. The van der Waals surface area contributed by atoms with E-state index in [0.29, 0.717) is 4.91 Å². The summed E-state index contributed by atoms with van der Waals surface area (Å²) < 4.78 is 0. The van der Waals surface area contributed by atoms with Crippen LogP contribution < -0.4 is 4.90 Å². The highest BCUT2D eigenvalue weighted by molar-refractivity contribution is 8.18. The van der Waals surface area contributed by atoms with Crippen LogP contribution in [0.2, 0.25) is 0 Å². The first-order valence-corrected chi connectivity index (χ1v) is 7.43. The van der Waals surface area contributed by atoms with E-state index < -0.39 is 0 Å². The molecule has 1 amide bonds. The number of allylic oxidation sites excluding steroid dienone is 2. The monoisotopic (exact) mass is 301 g/mol. The Bertz CT molecular complexity index is 615. The zero-order valence-corrected chi connectivity index (χ0v) is 13.5. The van der Waals surface area contributed by atoms with E-state index in [1.54, 1.807) is 19.0 Å². The number of amidine groups is 1. The number of benzene rings is 1. The molecule has 0 spiro atoms. The Balaban J connectivity index is 2.08. The SMILES string of the molecule is CN=C1S/C(=C/C=C/c2ccc(N(C)C)cc2)C(=O)N1C. The summed E-state index contributed by atoms with van der Waals surface area (Å²) >= 11 is 1.40. The molecule has 1 heterocycles. The van der Waals surface area contributed by atoms with Crippen LogP contribution in [-0.4, -0.2) is 44.2 Å². The van der Waals surface area contributed by atoms with Crippen LogP contribution in [0.4, 0.5) is 5.69 Å². The summed E-state index contributed by atoms with van der Waals surface area (Å²) in [5.41, 5.74) is 2.27. The summed E-state index contributed by atoms with van der Waals surface area (Å²) in [5, 5.41) is 0.731. The molecule has 4 nitrogen and oxygen atoms in total.